The summed E-state index contributed by atoms with van der Waals surface area (Å²) in [6.45, 7) is 2.25. The van der Waals surface area contributed by atoms with E-state index in [1.165, 1.54) is 44.9 Å². The number of nitrogens with zero attached hydrogens (tertiary/aromatic N) is 1. The Morgan fingerprint density at radius 1 is 0.923 bits per heavy atom. The minimum atomic E-state index is -0.126. The van der Waals surface area contributed by atoms with Crippen molar-refractivity contribution in [2.24, 2.45) is 7.05 Å². The molecular weight excluding hydrogens is 346 g/mol. The Labute approximate surface area is 164 Å². The lowest BCUT2D eigenvalue weighted by Crippen LogP contribution is -3.00. The van der Waals surface area contributed by atoms with Crippen molar-refractivity contribution in [2.45, 2.75) is 71.1 Å². The number of hydrogen-bond acceptors (Lipinski definition) is 2. The van der Waals surface area contributed by atoms with Gasteiger partial charge < -0.3 is 17.1 Å². The van der Waals surface area contributed by atoms with Gasteiger partial charge in [0.2, 0.25) is 5.75 Å². The summed E-state index contributed by atoms with van der Waals surface area (Å²) in [7, 11) is 1.97. The number of rotatable bonds is 11. The van der Waals surface area contributed by atoms with E-state index in [0.29, 0.717) is 12.2 Å². The number of benzene rings is 1. The number of unbranched alkanes of at least 4 members (excludes halogenated alkanes) is 8. The molecule has 0 aliphatic heterocycles. The van der Waals surface area contributed by atoms with Gasteiger partial charge in [-0.05, 0) is 24.6 Å². The molecule has 144 valence electrons. The zero-order valence-corrected chi connectivity index (χ0v) is 16.9. The van der Waals surface area contributed by atoms with Crippen molar-refractivity contribution in [1.82, 2.24) is 0 Å². The standard InChI is InChI=1S/C22H32NO2.ClH/c1-3-4-5-6-7-8-9-10-11-17-21(24)25-20-16-12-14-19-15-13-18-23(2)22(19)20;/h12-16,18H,3-11,17H2,1-2H3;1H/q+1;/p-1. The highest BCUT2D eigenvalue weighted by Crippen LogP contribution is 2.22. The zero-order chi connectivity index (χ0) is 17.9. The first kappa shape index (κ1) is 22.4. The zero-order valence-electron chi connectivity index (χ0n) is 16.2. The Morgan fingerprint density at radius 3 is 2.23 bits per heavy atom. The average molecular weight is 378 g/mol. The lowest BCUT2D eigenvalue weighted by molar-refractivity contribution is -0.645. The van der Waals surface area contributed by atoms with E-state index >= 15 is 0 Å². The lowest BCUT2D eigenvalue weighted by atomic mass is 10.1. The van der Waals surface area contributed by atoms with Gasteiger partial charge in [0, 0.05) is 12.5 Å². The van der Waals surface area contributed by atoms with Gasteiger partial charge in [-0.25, -0.2) is 0 Å². The quantitative estimate of drug-likeness (QED) is 0.261. The summed E-state index contributed by atoms with van der Waals surface area (Å²) in [5.41, 5.74) is 0.963. The maximum atomic E-state index is 12.1. The molecule has 0 fully saturated rings. The first-order valence-electron chi connectivity index (χ1n) is 9.80. The van der Waals surface area contributed by atoms with Gasteiger partial charge in [0.25, 0.3) is 5.52 Å². The van der Waals surface area contributed by atoms with E-state index in [0.717, 1.165) is 23.7 Å². The number of ether oxygens (including phenoxy) is 1. The first-order chi connectivity index (χ1) is 12.2. The smallest absolute Gasteiger partial charge is 0.311 e. The predicted octanol–water partition coefficient (Wildman–Crippen LogP) is 2.49. The average Bonchev–Trinajstić information content (AvgIpc) is 2.60. The second-order valence-electron chi connectivity index (χ2n) is 6.87. The van der Waals surface area contributed by atoms with E-state index in [1.54, 1.807) is 0 Å². The molecule has 0 aliphatic rings. The molecule has 26 heavy (non-hydrogen) atoms. The van der Waals surface area contributed by atoms with Gasteiger partial charge >= 0.3 is 5.97 Å². The highest BCUT2D eigenvalue weighted by Gasteiger charge is 2.14. The van der Waals surface area contributed by atoms with Gasteiger partial charge in [0.1, 0.15) is 7.05 Å². The van der Waals surface area contributed by atoms with Crippen molar-refractivity contribution in [3.8, 4) is 5.75 Å². The van der Waals surface area contributed by atoms with Crippen LogP contribution < -0.4 is 21.7 Å². The van der Waals surface area contributed by atoms with Crippen LogP contribution in [0.4, 0.5) is 0 Å². The van der Waals surface area contributed by atoms with Crippen molar-refractivity contribution < 1.29 is 26.5 Å². The van der Waals surface area contributed by atoms with E-state index in [2.05, 4.69) is 6.92 Å². The van der Waals surface area contributed by atoms with E-state index in [9.17, 15) is 4.79 Å². The second-order valence-corrected chi connectivity index (χ2v) is 6.87. The van der Waals surface area contributed by atoms with Crippen LogP contribution in [0, 0.1) is 0 Å². The minimum Gasteiger partial charge on any atom is -1.00 e. The second kappa shape index (κ2) is 12.7. The van der Waals surface area contributed by atoms with E-state index in [-0.39, 0.29) is 18.4 Å². The van der Waals surface area contributed by atoms with Crippen LogP contribution in [0.25, 0.3) is 10.9 Å². The molecule has 2 aromatic rings. The van der Waals surface area contributed by atoms with Crippen LogP contribution in [-0.2, 0) is 11.8 Å². The predicted molar refractivity (Wildman–Crippen MR) is 103 cm³/mol. The van der Waals surface area contributed by atoms with E-state index < -0.39 is 0 Å². The van der Waals surface area contributed by atoms with Crippen molar-refractivity contribution in [1.29, 1.82) is 0 Å². The van der Waals surface area contributed by atoms with Crippen molar-refractivity contribution in [3.05, 3.63) is 36.5 Å². The van der Waals surface area contributed by atoms with Crippen LogP contribution in [0.5, 0.6) is 5.75 Å². The molecule has 3 nitrogen and oxygen atoms in total. The highest BCUT2D eigenvalue weighted by atomic mass is 35.5. The fraction of sp³-hybridized carbons (Fsp3) is 0.545. The molecule has 0 amide bonds. The summed E-state index contributed by atoms with van der Waals surface area (Å²) in [5, 5.41) is 1.08. The Bertz CT molecular complexity index is 667. The highest BCUT2D eigenvalue weighted by molar-refractivity contribution is 5.84. The molecule has 0 bridgehead atoms. The maximum absolute atomic E-state index is 12.1. The van der Waals surface area contributed by atoms with Crippen LogP contribution in [0.15, 0.2) is 36.5 Å². The number of fused-ring (bicyclic) bond motifs is 1. The Hall–Kier alpha value is -1.61. The molecule has 2 rings (SSSR count). The third kappa shape index (κ3) is 7.33. The number of pyridine rings is 1. The minimum absolute atomic E-state index is 0. The van der Waals surface area contributed by atoms with E-state index in [4.69, 9.17) is 4.74 Å². The number of aromatic nitrogens is 1. The number of hydrogen-bond donors (Lipinski definition) is 0. The monoisotopic (exact) mass is 377 g/mol. The molecule has 0 radical (unpaired) electrons. The Morgan fingerprint density at radius 2 is 1.54 bits per heavy atom. The molecule has 0 saturated heterocycles. The van der Waals surface area contributed by atoms with Crippen LogP contribution in [-0.4, -0.2) is 5.97 Å². The molecule has 0 saturated carbocycles. The van der Waals surface area contributed by atoms with Gasteiger partial charge in [0.15, 0.2) is 6.20 Å². The third-order valence-corrected chi connectivity index (χ3v) is 4.68. The van der Waals surface area contributed by atoms with Gasteiger partial charge in [-0.2, -0.15) is 4.57 Å². The van der Waals surface area contributed by atoms with Gasteiger partial charge in [0.05, 0.1) is 5.39 Å². The molecule has 0 atom stereocenters. The molecule has 0 aliphatic carbocycles. The molecule has 1 heterocycles. The summed E-state index contributed by atoms with van der Waals surface area (Å²) in [5.74, 6) is 0.529. The topological polar surface area (TPSA) is 30.2 Å². The fourth-order valence-electron chi connectivity index (χ4n) is 3.24. The summed E-state index contributed by atoms with van der Waals surface area (Å²) < 4.78 is 7.62. The molecular formula is C22H32ClNO2. The molecule has 0 spiro atoms. The summed E-state index contributed by atoms with van der Waals surface area (Å²) in [6.07, 6.45) is 13.7. The maximum Gasteiger partial charge on any atom is 0.311 e. The number of esters is 1. The van der Waals surface area contributed by atoms with Crippen LogP contribution >= 0.6 is 0 Å². The number of carbonyl (C=O) groups is 1. The molecule has 1 aromatic heterocycles. The Balaban J connectivity index is 0.00000338. The van der Waals surface area contributed by atoms with Crippen LogP contribution in [0.1, 0.15) is 71.1 Å². The van der Waals surface area contributed by atoms with E-state index in [1.807, 2.05) is 48.1 Å². The molecule has 0 unspecified atom stereocenters. The third-order valence-electron chi connectivity index (χ3n) is 4.68. The fourth-order valence-corrected chi connectivity index (χ4v) is 3.24. The number of halogens is 1. The Kier molecular flexibility index (Phi) is 11.0. The summed E-state index contributed by atoms with van der Waals surface area (Å²) in [6, 6.07) is 9.87. The van der Waals surface area contributed by atoms with Crippen LogP contribution in [0.2, 0.25) is 0 Å². The van der Waals surface area contributed by atoms with Crippen molar-refractivity contribution in [3.63, 3.8) is 0 Å². The molecule has 1 aromatic carbocycles. The largest absolute Gasteiger partial charge is 1.00 e. The van der Waals surface area contributed by atoms with Crippen LogP contribution in [0.3, 0.4) is 0 Å². The van der Waals surface area contributed by atoms with Gasteiger partial charge in [-0.15, -0.1) is 0 Å². The van der Waals surface area contributed by atoms with Gasteiger partial charge in [-0.1, -0.05) is 64.4 Å². The first-order valence-corrected chi connectivity index (χ1v) is 9.80. The number of para-hydroxylation sites is 1. The number of carbonyl (C=O) groups excluding carboxylic acids is 1. The SMILES string of the molecule is CCCCCCCCCCCC(=O)Oc1cccc2ccc[n+](C)c12.[Cl-]. The van der Waals surface area contributed by atoms with Gasteiger partial charge in [-0.3, -0.25) is 4.79 Å². The lowest BCUT2D eigenvalue weighted by Gasteiger charge is -2.06. The summed E-state index contributed by atoms with van der Waals surface area (Å²) >= 11 is 0. The van der Waals surface area contributed by atoms with Crippen molar-refractivity contribution >= 4 is 16.9 Å². The molecule has 4 heteroatoms. The normalized spacial score (nSPS) is 10.5. The number of aryl methyl sites for hydroxylation is 1. The van der Waals surface area contributed by atoms with Crippen molar-refractivity contribution in [2.75, 3.05) is 0 Å². The molecule has 0 N–H and O–H groups in total. The summed E-state index contributed by atoms with van der Waals surface area (Å²) in [4.78, 5) is 12.1.